The predicted octanol–water partition coefficient (Wildman–Crippen LogP) is 22.5. The second-order valence-electron chi connectivity index (χ2n) is 24.7. The molecule has 0 aromatic rings. The second kappa shape index (κ2) is 75.8. The predicted molar refractivity (Wildman–Crippen MR) is 426 cm³/mol. The first-order valence-electron chi connectivity index (χ1n) is 38.4. The molecule has 0 aliphatic carbocycles. The van der Waals surface area contributed by atoms with Crippen LogP contribution in [0.4, 0.5) is 0 Å². The van der Waals surface area contributed by atoms with Gasteiger partial charge >= 0.3 is 33.6 Å². The molecule has 580 valence electrons. The summed E-state index contributed by atoms with van der Waals surface area (Å²) in [6.45, 7) is 2.17. The summed E-state index contributed by atoms with van der Waals surface area (Å²) in [6, 6.07) is 0. The number of allylic oxidation sites excluding steroid dienone is 34. The van der Waals surface area contributed by atoms with Gasteiger partial charge in [0, 0.05) is 19.3 Å². The van der Waals surface area contributed by atoms with E-state index in [1.807, 2.05) is 18.2 Å². The Kier molecular flexibility index (Phi) is 71.5. The van der Waals surface area contributed by atoms with E-state index in [9.17, 15) is 43.5 Å². The number of ether oxygens (including phenoxy) is 3. The summed E-state index contributed by atoms with van der Waals surface area (Å²) >= 11 is 0. The van der Waals surface area contributed by atoms with Gasteiger partial charge < -0.3 is 34.2 Å². The van der Waals surface area contributed by atoms with Crippen molar-refractivity contribution >= 4 is 33.6 Å². The third kappa shape index (κ3) is 77.1. The van der Waals surface area contributed by atoms with Gasteiger partial charge in [0.25, 0.3) is 0 Å². The fourth-order valence-electron chi connectivity index (χ4n) is 9.27. The summed E-state index contributed by atoms with van der Waals surface area (Å²) in [5.41, 5.74) is 0. The van der Waals surface area contributed by atoms with Crippen LogP contribution in [0, 0.1) is 0 Å². The van der Waals surface area contributed by atoms with Crippen molar-refractivity contribution in [1.82, 2.24) is 0 Å². The zero-order valence-electron chi connectivity index (χ0n) is 63.1. The molecule has 5 atom stereocenters. The Morgan fingerprint density at radius 1 is 0.272 bits per heavy atom. The van der Waals surface area contributed by atoms with Crippen LogP contribution < -0.4 is 0 Å². The van der Waals surface area contributed by atoms with Crippen LogP contribution in [0.15, 0.2) is 207 Å². The lowest BCUT2D eigenvalue weighted by atomic mass is 10.1. The Morgan fingerprint density at radius 2 is 0.505 bits per heavy atom. The average Bonchev–Trinajstić information content (AvgIpc) is 0.939. The minimum Gasteiger partial charge on any atom is -0.463 e. The van der Waals surface area contributed by atoms with Crippen LogP contribution in [0.3, 0.4) is 0 Å². The molecule has 0 rings (SSSR count). The zero-order chi connectivity index (χ0) is 75.2. The highest BCUT2D eigenvalue weighted by Gasteiger charge is 2.29. The number of aliphatic hydroxyl groups excluding tert-OH is 2. The smallest absolute Gasteiger partial charge is 0.463 e. The van der Waals surface area contributed by atoms with E-state index >= 15 is 0 Å². The number of esters is 3. The maximum Gasteiger partial charge on any atom is 0.472 e. The fourth-order valence-corrected chi connectivity index (χ4v) is 10.9. The summed E-state index contributed by atoms with van der Waals surface area (Å²) < 4.78 is 61.0. The summed E-state index contributed by atoms with van der Waals surface area (Å²) in [4.78, 5) is 58.6. The third-order valence-electron chi connectivity index (χ3n) is 15.0. The molecule has 0 radical (unpaired) electrons. The highest BCUT2D eigenvalue weighted by atomic mass is 31.2. The zero-order valence-corrected chi connectivity index (χ0v) is 64.9. The molecule has 103 heavy (non-hydrogen) atoms. The van der Waals surface area contributed by atoms with Crippen molar-refractivity contribution in [3.8, 4) is 0 Å². The second-order valence-corrected chi connectivity index (χ2v) is 27.6. The Balaban J connectivity index is 4.78. The molecule has 0 amide bonds. The quantitative estimate of drug-likeness (QED) is 0.0146. The Labute approximate surface area is 622 Å². The number of unbranched alkanes of at least 4 members (excludes halogenated alkanes) is 13. The van der Waals surface area contributed by atoms with Crippen LogP contribution in [0.5, 0.6) is 0 Å². The van der Waals surface area contributed by atoms with Gasteiger partial charge in [0.1, 0.15) is 25.4 Å². The van der Waals surface area contributed by atoms with Crippen molar-refractivity contribution in [3.05, 3.63) is 207 Å². The molecule has 0 aromatic carbocycles. The van der Waals surface area contributed by atoms with E-state index in [2.05, 4.69) is 209 Å². The standard InChI is InChI=1S/C85H134O16P2/c1-4-7-10-13-16-19-22-25-28-31-34-36-38-39-41-43-45-47-50-53-56-59-62-65-68-71-83(88)95-74-80(86)75-97-102(91,92)98-76-81(87)77-99-103(93,94)100-79-82(101-85(90)73-70-67-64-61-58-55-52-49-44-33-30-27-24-21-18-15-12-9-6-3)78-96-84(89)72-69-66-63-60-57-54-51-48-46-42-40-37-35-32-29-26-23-20-17-14-11-8-5-2/h7-12,16-21,25-30,34-37,39,41-42,44,46,49,51,54-55,58,64,67,80-82,86-87H,4-6,13-15,22-24,31-33,38,40,43,45,47-48,50,52-53,56-57,59-63,65-66,68-79H2,1-3H3,(H,91,92)(H,93,94)/b10-7-,11-8-,12-9-,19-16-,20-17-,21-18-,28-25-,29-26-,30-27-,36-34-,37-35-,41-39-,46-42-,49-44-,54-51-,58-55-,67-64-. The molecule has 0 spiro atoms. The molecule has 4 N–H and O–H groups in total. The van der Waals surface area contributed by atoms with Crippen molar-refractivity contribution in [1.29, 1.82) is 0 Å². The molecular formula is C85H134O16P2. The van der Waals surface area contributed by atoms with E-state index in [1.165, 1.54) is 25.7 Å². The first-order chi connectivity index (χ1) is 50.2. The Bertz CT molecular complexity index is 2700. The normalized spacial score (nSPS) is 15.1. The van der Waals surface area contributed by atoms with Crippen molar-refractivity contribution in [2.75, 3.05) is 39.6 Å². The van der Waals surface area contributed by atoms with Crippen LogP contribution in [0.2, 0.25) is 0 Å². The lowest BCUT2D eigenvalue weighted by Gasteiger charge is -2.21. The van der Waals surface area contributed by atoms with Crippen molar-refractivity contribution in [2.24, 2.45) is 0 Å². The van der Waals surface area contributed by atoms with Crippen LogP contribution in [-0.2, 0) is 55.8 Å². The van der Waals surface area contributed by atoms with Gasteiger partial charge in [0.05, 0.1) is 26.4 Å². The third-order valence-corrected chi connectivity index (χ3v) is 16.9. The highest BCUT2D eigenvalue weighted by molar-refractivity contribution is 7.47. The molecule has 18 heteroatoms. The Morgan fingerprint density at radius 3 is 0.806 bits per heavy atom. The summed E-state index contributed by atoms with van der Waals surface area (Å²) in [7, 11) is -9.85. The molecule has 0 saturated carbocycles. The molecule has 0 aromatic heterocycles. The molecule has 5 unspecified atom stereocenters. The van der Waals surface area contributed by atoms with E-state index in [0.29, 0.717) is 25.7 Å². The average molecular weight is 1470 g/mol. The molecule has 0 bridgehead atoms. The lowest BCUT2D eigenvalue weighted by Crippen LogP contribution is -2.29. The van der Waals surface area contributed by atoms with E-state index in [4.69, 9.17) is 32.3 Å². The number of aliphatic hydroxyl groups is 2. The van der Waals surface area contributed by atoms with Crippen molar-refractivity contribution < 1.29 is 75.8 Å². The molecule has 0 fully saturated rings. The largest absolute Gasteiger partial charge is 0.472 e. The van der Waals surface area contributed by atoms with Crippen LogP contribution in [0.1, 0.15) is 252 Å². The van der Waals surface area contributed by atoms with Gasteiger partial charge in [0.15, 0.2) is 6.10 Å². The number of phosphoric ester groups is 2. The minimum atomic E-state index is -4.97. The first kappa shape index (κ1) is 97.1. The van der Waals surface area contributed by atoms with E-state index in [1.54, 1.807) is 0 Å². The lowest BCUT2D eigenvalue weighted by molar-refractivity contribution is -0.161. The molecule has 0 heterocycles. The van der Waals surface area contributed by atoms with E-state index in [-0.39, 0.29) is 19.3 Å². The van der Waals surface area contributed by atoms with Gasteiger partial charge in [-0.1, -0.05) is 285 Å². The fraction of sp³-hybridized carbons (Fsp3) is 0.565. The Hall–Kier alpha value is -5.87. The van der Waals surface area contributed by atoms with Crippen molar-refractivity contribution in [2.45, 2.75) is 270 Å². The van der Waals surface area contributed by atoms with Crippen LogP contribution in [-0.4, -0.2) is 95.9 Å². The summed E-state index contributed by atoms with van der Waals surface area (Å²) in [5, 5.41) is 20.6. The van der Waals surface area contributed by atoms with Gasteiger partial charge in [-0.25, -0.2) is 9.13 Å². The number of hydrogen-bond acceptors (Lipinski definition) is 14. The SMILES string of the molecule is CC/C=C\C/C=C\C/C=C\C/C=C\C/C=C\C/C=C\CCCCCCC(=O)OCC(COP(=O)(O)OCC(O)COP(=O)(O)OCC(O)COC(=O)CCCCCCCCCCC/C=C\C/C=C\C/C=C\C/C=C\C/C=C\CC)OC(=O)CC/C=C\C/C=C\C/C=C\C/C=C\C/C=C\C/C=C\CC. The van der Waals surface area contributed by atoms with E-state index < -0.39 is 91.5 Å². The molecule has 0 aliphatic rings. The van der Waals surface area contributed by atoms with Crippen LogP contribution >= 0.6 is 15.6 Å². The van der Waals surface area contributed by atoms with Gasteiger partial charge in [0.2, 0.25) is 0 Å². The summed E-state index contributed by atoms with van der Waals surface area (Å²) in [5.74, 6) is -1.73. The number of phosphoric acid groups is 2. The topological polar surface area (TPSA) is 231 Å². The molecular weight excluding hydrogens is 1340 g/mol. The van der Waals surface area contributed by atoms with Crippen LogP contribution in [0.25, 0.3) is 0 Å². The first-order valence-corrected chi connectivity index (χ1v) is 41.4. The number of hydrogen-bond donors (Lipinski definition) is 4. The summed E-state index contributed by atoms with van der Waals surface area (Å²) in [6.07, 6.45) is 100. The van der Waals surface area contributed by atoms with Crippen molar-refractivity contribution in [3.63, 3.8) is 0 Å². The maximum absolute atomic E-state index is 13.0. The van der Waals surface area contributed by atoms with Gasteiger partial charge in [-0.05, 0) is 154 Å². The van der Waals surface area contributed by atoms with Gasteiger partial charge in [-0.15, -0.1) is 0 Å². The minimum absolute atomic E-state index is 0.0362. The van der Waals surface area contributed by atoms with E-state index in [0.717, 1.165) is 161 Å². The van der Waals surface area contributed by atoms with Gasteiger partial charge in [-0.2, -0.15) is 0 Å². The number of rotatable bonds is 70. The number of carbonyl (C=O) groups excluding carboxylic acids is 3. The molecule has 0 aliphatic heterocycles. The maximum atomic E-state index is 13.0. The monoisotopic (exact) mass is 1470 g/mol. The molecule has 0 saturated heterocycles. The highest BCUT2D eigenvalue weighted by Crippen LogP contribution is 2.45. The van der Waals surface area contributed by atoms with Gasteiger partial charge in [-0.3, -0.25) is 32.5 Å². The molecule has 16 nitrogen and oxygen atoms in total. The number of carbonyl (C=O) groups is 3.